The summed E-state index contributed by atoms with van der Waals surface area (Å²) in [7, 11) is 0. The highest BCUT2D eigenvalue weighted by Gasteiger charge is 2.20. The molecular formula is C22H22ClN3O4. The second-order valence-corrected chi connectivity index (χ2v) is 7.81. The minimum absolute atomic E-state index is 0.119. The number of aromatic nitrogens is 2. The van der Waals surface area contributed by atoms with Crippen molar-refractivity contribution in [2.24, 2.45) is 0 Å². The normalized spacial score (nSPS) is 14.4. The Morgan fingerprint density at radius 2 is 2.03 bits per heavy atom. The minimum atomic E-state index is -0.635. The Morgan fingerprint density at radius 1 is 1.20 bits per heavy atom. The van der Waals surface area contributed by atoms with Crippen LogP contribution in [0, 0.1) is 0 Å². The van der Waals surface area contributed by atoms with Crippen molar-refractivity contribution in [3.05, 3.63) is 63.6 Å². The van der Waals surface area contributed by atoms with Crippen molar-refractivity contribution < 1.29 is 14.1 Å². The van der Waals surface area contributed by atoms with Crippen LogP contribution >= 0.6 is 11.6 Å². The first-order chi connectivity index (χ1) is 14.6. The van der Waals surface area contributed by atoms with Gasteiger partial charge in [0.1, 0.15) is 5.75 Å². The zero-order valence-corrected chi connectivity index (χ0v) is 17.1. The van der Waals surface area contributed by atoms with Gasteiger partial charge in [0.2, 0.25) is 0 Å². The summed E-state index contributed by atoms with van der Waals surface area (Å²) in [4.78, 5) is 26.0. The van der Waals surface area contributed by atoms with Crippen molar-refractivity contribution in [1.82, 2.24) is 10.1 Å². The molecule has 2 N–H and O–H groups in total. The van der Waals surface area contributed by atoms with E-state index in [9.17, 15) is 9.59 Å². The van der Waals surface area contributed by atoms with E-state index in [0.29, 0.717) is 33.8 Å². The standard InChI is InChI=1S/C22H22ClN3O4/c23-16-9-10-19(18(12-16)14-5-2-1-3-6-14)29-13-20(27)24-17-8-4-7-15(11-17)21-25-22(28)30-26-21/h4,7-12,14H,1-3,5-6,13H2,(H,24,27)(H,25,26,28). The molecule has 1 aromatic heterocycles. The van der Waals surface area contributed by atoms with Gasteiger partial charge < -0.3 is 10.1 Å². The van der Waals surface area contributed by atoms with Gasteiger partial charge in [-0.05, 0) is 54.7 Å². The number of nitrogens with zero attached hydrogens (tertiary/aromatic N) is 1. The van der Waals surface area contributed by atoms with E-state index in [-0.39, 0.29) is 12.5 Å². The molecule has 156 valence electrons. The largest absolute Gasteiger partial charge is 0.483 e. The maximum atomic E-state index is 12.4. The molecule has 7 nitrogen and oxygen atoms in total. The van der Waals surface area contributed by atoms with Gasteiger partial charge in [0.05, 0.1) is 0 Å². The first-order valence-corrected chi connectivity index (χ1v) is 10.3. The van der Waals surface area contributed by atoms with Gasteiger partial charge in [0.15, 0.2) is 12.4 Å². The van der Waals surface area contributed by atoms with Crippen molar-refractivity contribution in [2.75, 3.05) is 11.9 Å². The van der Waals surface area contributed by atoms with Crippen LogP contribution in [0.15, 0.2) is 51.8 Å². The lowest BCUT2D eigenvalue weighted by Crippen LogP contribution is -2.21. The molecule has 1 saturated carbocycles. The van der Waals surface area contributed by atoms with Crippen LogP contribution in [0.2, 0.25) is 5.02 Å². The van der Waals surface area contributed by atoms with E-state index in [4.69, 9.17) is 16.3 Å². The average molecular weight is 428 g/mol. The van der Waals surface area contributed by atoms with Crippen molar-refractivity contribution >= 4 is 23.2 Å². The number of carbonyl (C=O) groups excluding carboxylic acids is 1. The van der Waals surface area contributed by atoms with E-state index in [0.717, 1.165) is 18.4 Å². The van der Waals surface area contributed by atoms with Gasteiger partial charge in [-0.3, -0.25) is 14.3 Å². The number of rotatable bonds is 6. The van der Waals surface area contributed by atoms with Gasteiger partial charge in [-0.2, -0.15) is 0 Å². The van der Waals surface area contributed by atoms with E-state index in [1.54, 1.807) is 30.3 Å². The molecule has 1 aliphatic rings. The predicted octanol–water partition coefficient (Wildman–Crippen LogP) is 4.75. The van der Waals surface area contributed by atoms with Gasteiger partial charge in [0, 0.05) is 16.3 Å². The molecule has 1 heterocycles. The van der Waals surface area contributed by atoms with Crippen LogP contribution in [0.4, 0.5) is 5.69 Å². The molecule has 0 aliphatic heterocycles. The molecule has 4 rings (SSSR count). The van der Waals surface area contributed by atoms with Crippen LogP contribution in [0.25, 0.3) is 11.4 Å². The molecule has 0 saturated heterocycles. The Kier molecular flexibility index (Phi) is 6.18. The lowest BCUT2D eigenvalue weighted by Gasteiger charge is -2.24. The van der Waals surface area contributed by atoms with Gasteiger partial charge in [-0.1, -0.05) is 48.2 Å². The highest BCUT2D eigenvalue weighted by molar-refractivity contribution is 6.30. The van der Waals surface area contributed by atoms with Crippen molar-refractivity contribution in [2.45, 2.75) is 38.0 Å². The number of hydrogen-bond acceptors (Lipinski definition) is 5. The Hall–Kier alpha value is -3.06. The molecule has 0 spiro atoms. The molecule has 1 amide bonds. The number of halogens is 1. The summed E-state index contributed by atoms with van der Waals surface area (Å²) in [6, 6.07) is 12.5. The fourth-order valence-electron chi connectivity index (χ4n) is 3.82. The summed E-state index contributed by atoms with van der Waals surface area (Å²) < 4.78 is 10.4. The van der Waals surface area contributed by atoms with Crippen LogP contribution in [0.3, 0.4) is 0 Å². The molecule has 0 bridgehead atoms. The van der Waals surface area contributed by atoms with Crippen molar-refractivity contribution in [3.63, 3.8) is 0 Å². The van der Waals surface area contributed by atoms with Crippen LogP contribution in [-0.2, 0) is 4.79 Å². The third kappa shape index (κ3) is 4.91. The minimum Gasteiger partial charge on any atom is -0.483 e. The first kappa shape index (κ1) is 20.2. The van der Waals surface area contributed by atoms with E-state index in [1.165, 1.54) is 19.3 Å². The molecule has 1 aliphatic carbocycles. The Morgan fingerprint density at radius 3 is 2.80 bits per heavy atom. The molecule has 30 heavy (non-hydrogen) atoms. The summed E-state index contributed by atoms with van der Waals surface area (Å²) in [6.07, 6.45) is 5.88. The monoisotopic (exact) mass is 427 g/mol. The maximum absolute atomic E-state index is 12.4. The number of carbonyl (C=O) groups is 1. The topological polar surface area (TPSA) is 97.2 Å². The van der Waals surface area contributed by atoms with Crippen LogP contribution in [0.1, 0.15) is 43.6 Å². The predicted molar refractivity (Wildman–Crippen MR) is 114 cm³/mol. The lowest BCUT2D eigenvalue weighted by molar-refractivity contribution is -0.118. The number of nitrogens with one attached hydrogen (secondary N) is 2. The molecule has 3 aromatic rings. The number of anilines is 1. The molecule has 0 radical (unpaired) electrons. The SMILES string of the molecule is O=C(COc1ccc(Cl)cc1C1CCCCC1)Nc1cccc(-c2noc(=O)[nH]2)c1. The third-order valence-corrected chi connectivity index (χ3v) is 5.47. The number of benzene rings is 2. The number of aromatic amines is 1. The third-order valence-electron chi connectivity index (χ3n) is 5.24. The Bertz CT molecular complexity index is 1090. The summed E-state index contributed by atoms with van der Waals surface area (Å²) in [5, 5.41) is 7.13. The van der Waals surface area contributed by atoms with Crippen LogP contribution in [0.5, 0.6) is 5.75 Å². The molecule has 0 unspecified atom stereocenters. The summed E-state index contributed by atoms with van der Waals surface area (Å²) in [5.74, 6) is 0.493. The van der Waals surface area contributed by atoms with Gasteiger partial charge >= 0.3 is 5.76 Å². The van der Waals surface area contributed by atoms with E-state index < -0.39 is 5.76 Å². The van der Waals surface area contributed by atoms with Gasteiger partial charge in [-0.15, -0.1) is 0 Å². The molecule has 1 fully saturated rings. The highest BCUT2D eigenvalue weighted by atomic mass is 35.5. The second-order valence-electron chi connectivity index (χ2n) is 7.38. The lowest BCUT2D eigenvalue weighted by atomic mass is 9.84. The number of hydrogen-bond donors (Lipinski definition) is 2. The molecule has 8 heteroatoms. The zero-order chi connectivity index (χ0) is 20.9. The van der Waals surface area contributed by atoms with Gasteiger partial charge in [0.25, 0.3) is 5.91 Å². The zero-order valence-electron chi connectivity index (χ0n) is 16.3. The van der Waals surface area contributed by atoms with Crippen molar-refractivity contribution in [1.29, 1.82) is 0 Å². The Balaban J connectivity index is 1.41. The average Bonchev–Trinajstić information content (AvgIpc) is 3.20. The number of amides is 1. The van der Waals surface area contributed by atoms with Crippen LogP contribution in [-0.4, -0.2) is 22.7 Å². The number of H-pyrrole nitrogens is 1. The smallest absolute Gasteiger partial charge is 0.439 e. The fourth-order valence-corrected chi connectivity index (χ4v) is 4.00. The van der Waals surface area contributed by atoms with Crippen LogP contribution < -0.4 is 15.8 Å². The second kappa shape index (κ2) is 9.17. The van der Waals surface area contributed by atoms with Crippen molar-refractivity contribution in [3.8, 4) is 17.1 Å². The number of ether oxygens (including phenoxy) is 1. The molecule has 0 atom stereocenters. The van der Waals surface area contributed by atoms with Gasteiger partial charge in [-0.25, -0.2) is 4.79 Å². The molecule has 2 aromatic carbocycles. The maximum Gasteiger partial charge on any atom is 0.439 e. The Labute approximate surface area is 178 Å². The first-order valence-electron chi connectivity index (χ1n) is 9.97. The molecular weight excluding hydrogens is 406 g/mol. The summed E-state index contributed by atoms with van der Waals surface area (Å²) >= 11 is 6.20. The fraction of sp³-hybridized carbons (Fsp3) is 0.318. The van der Waals surface area contributed by atoms with E-state index in [1.807, 2.05) is 12.1 Å². The quantitative estimate of drug-likeness (QED) is 0.591. The van der Waals surface area contributed by atoms with E-state index >= 15 is 0 Å². The summed E-state index contributed by atoms with van der Waals surface area (Å²) in [6.45, 7) is -0.119. The highest BCUT2D eigenvalue weighted by Crippen LogP contribution is 2.38. The van der Waals surface area contributed by atoms with E-state index in [2.05, 4.69) is 20.0 Å². The summed E-state index contributed by atoms with van der Waals surface area (Å²) in [5.41, 5.74) is 2.26.